The molecule has 0 saturated heterocycles. The Morgan fingerprint density at radius 3 is 3.00 bits per heavy atom. The zero-order valence-electron chi connectivity index (χ0n) is 7.16. The number of nitrogens with zero attached hydrogens (tertiary/aromatic N) is 2. The average Bonchev–Trinajstić information content (AvgIpc) is 2.52. The number of hydrogen-bond donors (Lipinski definition) is 1. The Bertz CT molecular complexity index is 287. The molecule has 1 atom stereocenters. The fourth-order valence-electron chi connectivity index (χ4n) is 0.683. The number of aromatic nitrogens is 2. The second-order valence-corrected chi connectivity index (χ2v) is 3.15. The quantitative estimate of drug-likeness (QED) is 0.719. The molecule has 1 unspecified atom stereocenters. The summed E-state index contributed by atoms with van der Waals surface area (Å²) in [7, 11) is 0. The third kappa shape index (κ3) is 2.21. The van der Waals surface area contributed by atoms with E-state index in [1.165, 1.54) is 11.5 Å². The molecular formula is C8H11N3S. The highest BCUT2D eigenvalue weighted by Crippen LogP contribution is 2.11. The predicted molar refractivity (Wildman–Crippen MR) is 51.2 cm³/mol. The lowest BCUT2D eigenvalue weighted by molar-refractivity contribution is 0.977. The van der Waals surface area contributed by atoms with Gasteiger partial charge in [-0.1, -0.05) is 12.8 Å². The maximum absolute atomic E-state index is 5.20. The van der Waals surface area contributed by atoms with Crippen LogP contribution in [0.3, 0.4) is 0 Å². The summed E-state index contributed by atoms with van der Waals surface area (Å²) in [6, 6.07) is 0.0163. The number of anilines is 1. The minimum Gasteiger partial charge on any atom is -0.347 e. The third-order valence-corrected chi connectivity index (χ3v) is 2.06. The van der Waals surface area contributed by atoms with Crippen LogP contribution in [0.25, 0.3) is 0 Å². The molecule has 3 nitrogen and oxygen atoms in total. The number of terminal acetylenes is 1. The van der Waals surface area contributed by atoms with E-state index in [0.29, 0.717) is 0 Å². The van der Waals surface area contributed by atoms with E-state index in [-0.39, 0.29) is 6.04 Å². The summed E-state index contributed by atoms with van der Waals surface area (Å²) in [5.41, 5.74) is 0. The van der Waals surface area contributed by atoms with Crippen LogP contribution in [0.1, 0.15) is 19.7 Å². The largest absolute Gasteiger partial charge is 0.347 e. The Morgan fingerprint density at radius 1 is 1.75 bits per heavy atom. The van der Waals surface area contributed by atoms with Gasteiger partial charge in [-0.2, -0.15) is 4.37 Å². The zero-order chi connectivity index (χ0) is 8.97. The average molecular weight is 181 g/mol. The van der Waals surface area contributed by atoms with Gasteiger partial charge in [0.05, 0.1) is 6.04 Å². The summed E-state index contributed by atoms with van der Waals surface area (Å²) in [6.45, 7) is 3.93. The van der Waals surface area contributed by atoms with Crippen molar-refractivity contribution in [2.24, 2.45) is 0 Å². The third-order valence-electron chi connectivity index (χ3n) is 1.37. The molecule has 0 bridgehead atoms. The molecule has 1 rings (SSSR count). The minimum absolute atomic E-state index is 0.0163. The Kier molecular flexibility index (Phi) is 3.06. The summed E-state index contributed by atoms with van der Waals surface area (Å²) < 4.78 is 4.12. The van der Waals surface area contributed by atoms with Crippen LogP contribution in [-0.2, 0) is 6.42 Å². The van der Waals surface area contributed by atoms with Crippen LogP contribution in [0.4, 0.5) is 5.13 Å². The summed E-state index contributed by atoms with van der Waals surface area (Å²) in [4.78, 5) is 4.22. The molecule has 1 heterocycles. The van der Waals surface area contributed by atoms with Crippen LogP contribution in [0.5, 0.6) is 0 Å². The molecule has 1 aromatic heterocycles. The predicted octanol–water partition coefficient (Wildman–Crippen LogP) is 1.53. The number of rotatable bonds is 3. The SMILES string of the molecule is C#CC(C)Nc1nc(CC)ns1. The topological polar surface area (TPSA) is 37.8 Å². The number of aryl methyl sites for hydroxylation is 1. The highest BCUT2D eigenvalue weighted by Gasteiger charge is 2.03. The van der Waals surface area contributed by atoms with Gasteiger partial charge in [0, 0.05) is 18.0 Å². The summed E-state index contributed by atoms with van der Waals surface area (Å²) in [5.74, 6) is 3.44. The molecule has 1 N–H and O–H groups in total. The number of hydrogen-bond acceptors (Lipinski definition) is 4. The Morgan fingerprint density at radius 2 is 2.50 bits per heavy atom. The molecular weight excluding hydrogens is 170 g/mol. The molecule has 0 saturated carbocycles. The number of nitrogens with one attached hydrogen (secondary N) is 1. The van der Waals surface area contributed by atoms with Crippen molar-refractivity contribution < 1.29 is 0 Å². The normalized spacial score (nSPS) is 12.1. The zero-order valence-corrected chi connectivity index (χ0v) is 7.98. The fourth-order valence-corrected chi connectivity index (χ4v) is 1.42. The van der Waals surface area contributed by atoms with Crippen molar-refractivity contribution in [1.29, 1.82) is 0 Å². The lowest BCUT2D eigenvalue weighted by Crippen LogP contribution is -2.11. The van der Waals surface area contributed by atoms with E-state index >= 15 is 0 Å². The van der Waals surface area contributed by atoms with Gasteiger partial charge in [-0.15, -0.1) is 6.42 Å². The monoisotopic (exact) mass is 181 g/mol. The lowest BCUT2D eigenvalue weighted by atomic mass is 10.4. The Hall–Kier alpha value is -1.08. The van der Waals surface area contributed by atoms with Gasteiger partial charge in [0.2, 0.25) is 5.13 Å². The van der Waals surface area contributed by atoms with Crippen LogP contribution in [0.15, 0.2) is 0 Å². The Balaban J connectivity index is 2.59. The van der Waals surface area contributed by atoms with E-state index in [1.54, 1.807) is 0 Å². The van der Waals surface area contributed by atoms with E-state index in [9.17, 15) is 0 Å². The van der Waals surface area contributed by atoms with Crippen molar-refractivity contribution in [2.75, 3.05) is 5.32 Å². The lowest BCUT2D eigenvalue weighted by Gasteiger charge is -2.02. The van der Waals surface area contributed by atoms with Crippen molar-refractivity contribution in [3.8, 4) is 12.3 Å². The maximum atomic E-state index is 5.20. The van der Waals surface area contributed by atoms with Crippen molar-refractivity contribution in [3.05, 3.63) is 5.82 Å². The van der Waals surface area contributed by atoms with Gasteiger partial charge in [-0.25, -0.2) is 4.98 Å². The van der Waals surface area contributed by atoms with Gasteiger partial charge >= 0.3 is 0 Å². The highest BCUT2D eigenvalue weighted by molar-refractivity contribution is 7.09. The second kappa shape index (κ2) is 4.07. The van der Waals surface area contributed by atoms with Gasteiger partial charge < -0.3 is 5.32 Å². The fraction of sp³-hybridized carbons (Fsp3) is 0.500. The Labute approximate surface area is 76.4 Å². The second-order valence-electron chi connectivity index (χ2n) is 2.40. The molecule has 0 aliphatic carbocycles. The van der Waals surface area contributed by atoms with Crippen LogP contribution in [-0.4, -0.2) is 15.4 Å². The molecule has 1 aromatic rings. The maximum Gasteiger partial charge on any atom is 0.203 e. The van der Waals surface area contributed by atoms with Gasteiger partial charge in [0.25, 0.3) is 0 Å². The van der Waals surface area contributed by atoms with Crippen LogP contribution >= 0.6 is 11.5 Å². The molecule has 4 heteroatoms. The van der Waals surface area contributed by atoms with Crippen LogP contribution in [0.2, 0.25) is 0 Å². The van der Waals surface area contributed by atoms with E-state index < -0.39 is 0 Å². The van der Waals surface area contributed by atoms with Crippen LogP contribution < -0.4 is 5.32 Å². The molecule has 0 amide bonds. The van der Waals surface area contributed by atoms with Crippen LogP contribution in [0, 0.1) is 12.3 Å². The first-order valence-corrected chi connectivity index (χ1v) is 4.58. The highest BCUT2D eigenvalue weighted by atomic mass is 32.1. The summed E-state index contributed by atoms with van der Waals surface area (Å²) in [5, 5.41) is 3.86. The minimum atomic E-state index is 0.0163. The van der Waals surface area contributed by atoms with Gasteiger partial charge in [0.1, 0.15) is 5.82 Å². The molecule has 0 aliphatic rings. The molecule has 0 aromatic carbocycles. The van der Waals surface area contributed by atoms with Crippen molar-refractivity contribution in [1.82, 2.24) is 9.36 Å². The van der Waals surface area contributed by atoms with Crippen molar-refractivity contribution in [2.45, 2.75) is 26.3 Å². The summed E-state index contributed by atoms with van der Waals surface area (Å²) in [6.07, 6.45) is 6.07. The molecule has 64 valence electrons. The first-order valence-electron chi connectivity index (χ1n) is 3.81. The van der Waals surface area contributed by atoms with Gasteiger partial charge in [-0.3, -0.25) is 0 Å². The van der Waals surface area contributed by atoms with E-state index in [1.807, 2.05) is 13.8 Å². The van der Waals surface area contributed by atoms with E-state index in [2.05, 4.69) is 20.6 Å². The van der Waals surface area contributed by atoms with E-state index in [0.717, 1.165) is 17.4 Å². The molecule has 0 radical (unpaired) electrons. The standard InChI is InChI=1S/C8H11N3S/c1-4-6(3)9-8-10-7(5-2)11-12-8/h1,6H,5H2,2-3H3,(H,9,10,11). The molecule has 0 spiro atoms. The van der Waals surface area contributed by atoms with Gasteiger partial charge in [0.15, 0.2) is 0 Å². The van der Waals surface area contributed by atoms with Gasteiger partial charge in [-0.05, 0) is 6.92 Å². The molecule has 0 fully saturated rings. The van der Waals surface area contributed by atoms with E-state index in [4.69, 9.17) is 6.42 Å². The van der Waals surface area contributed by atoms with Crippen molar-refractivity contribution >= 4 is 16.7 Å². The summed E-state index contributed by atoms with van der Waals surface area (Å²) >= 11 is 1.35. The first kappa shape index (κ1) is 9.01. The molecule has 12 heavy (non-hydrogen) atoms. The molecule has 0 aliphatic heterocycles. The first-order chi connectivity index (χ1) is 5.76. The van der Waals surface area contributed by atoms with Crippen molar-refractivity contribution in [3.63, 3.8) is 0 Å². The smallest absolute Gasteiger partial charge is 0.203 e.